The quantitative estimate of drug-likeness (QED) is 0.830. The summed E-state index contributed by atoms with van der Waals surface area (Å²) in [4.78, 5) is 2.32. The molecule has 2 aliphatic heterocycles. The molecule has 0 radical (unpaired) electrons. The number of sulfonamides is 1. The van der Waals surface area contributed by atoms with Crippen LogP contribution in [0.15, 0.2) is 22.8 Å². The van der Waals surface area contributed by atoms with Gasteiger partial charge in [-0.15, -0.1) is 0 Å². The topological polar surface area (TPSA) is 63.0 Å². The zero-order valence-corrected chi connectivity index (χ0v) is 13.8. The lowest BCUT2D eigenvalue weighted by Crippen LogP contribution is -2.43. The molecule has 6 nitrogen and oxygen atoms in total. The maximum absolute atomic E-state index is 12.2. The molecule has 3 heterocycles. The minimum atomic E-state index is -3.16. The monoisotopic (exact) mass is 328 g/mol. The molecule has 0 aromatic carbocycles. The molecule has 1 unspecified atom stereocenters. The summed E-state index contributed by atoms with van der Waals surface area (Å²) in [6.07, 6.45) is 2.65. The predicted molar refractivity (Wildman–Crippen MR) is 82.9 cm³/mol. The fourth-order valence-electron chi connectivity index (χ4n) is 3.41. The molecular formula is C15H24N2O4S. The van der Waals surface area contributed by atoms with Crippen LogP contribution in [-0.2, 0) is 21.3 Å². The van der Waals surface area contributed by atoms with Crippen molar-refractivity contribution in [1.82, 2.24) is 9.21 Å². The molecule has 1 atom stereocenters. The molecule has 0 saturated carbocycles. The van der Waals surface area contributed by atoms with Crippen molar-refractivity contribution in [2.75, 3.05) is 45.1 Å². The lowest BCUT2D eigenvalue weighted by molar-refractivity contribution is 0.0716. The molecule has 22 heavy (non-hydrogen) atoms. The summed E-state index contributed by atoms with van der Waals surface area (Å²) in [5.74, 6) is 1.10. The van der Waals surface area contributed by atoms with Crippen molar-refractivity contribution < 1.29 is 17.6 Å². The van der Waals surface area contributed by atoms with E-state index in [1.807, 2.05) is 12.1 Å². The second-order valence-corrected chi connectivity index (χ2v) is 8.58. The van der Waals surface area contributed by atoms with Crippen molar-refractivity contribution >= 4 is 10.0 Å². The Morgan fingerprint density at radius 1 is 1.32 bits per heavy atom. The summed E-state index contributed by atoms with van der Waals surface area (Å²) in [6, 6.07) is 3.87. The Balaban J connectivity index is 1.69. The molecule has 0 aliphatic carbocycles. The molecule has 2 fully saturated rings. The first-order valence-electron chi connectivity index (χ1n) is 7.83. The Hall–Kier alpha value is -0.890. The van der Waals surface area contributed by atoms with E-state index in [1.54, 1.807) is 17.5 Å². The average molecular weight is 328 g/mol. The third kappa shape index (κ3) is 3.37. The Labute approximate surface area is 132 Å². The largest absolute Gasteiger partial charge is 0.468 e. The lowest BCUT2D eigenvalue weighted by Gasteiger charge is -2.31. The van der Waals surface area contributed by atoms with E-state index in [-0.39, 0.29) is 11.2 Å². The first-order valence-corrected chi connectivity index (χ1v) is 9.44. The highest BCUT2D eigenvalue weighted by Crippen LogP contribution is 2.35. The molecule has 3 rings (SSSR count). The van der Waals surface area contributed by atoms with Gasteiger partial charge in [0.05, 0.1) is 31.8 Å². The van der Waals surface area contributed by atoms with Crippen LogP contribution in [0, 0.1) is 5.41 Å². The highest BCUT2D eigenvalue weighted by Gasteiger charge is 2.43. The van der Waals surface area contributed by atoms with Gasteiger partial charge in [0.25, 0.3) is 0 Å². The summed E-state index contributed by atoms with van der Waals surface area (Å²) in [7, 11) is -3.16. The number of hydrogen-bond acceptors (Lipinski definition) is 5. The van der Waals surface area contributed by atoms with Crippen LogP contribution in [0.2, 0.25) is 0 Å². The number of hydrogen-bond donors (Lipinski definition) is 0. The second kappa shape index (κ2) is 6.31. The van der Waals surface area contributed by atoms with Gasteiger partial charge in [0.15, 0.2) is 0 Å². The van der Waals surface area contributed by atoms with Crippen LogP contribution in [0.25, 0.3) is 0 Å². The summed E-state index contributed by atoms with van der Waals surface area (Å²) in [5.41, 5.74) is -0.0919. The van der Waals surface area contributed by atoms with Gasteiger partial charge in [-0.25, -0.2) is 8.42 Å². The zero-order valence-electron chi connectivity index (χ0n) is 13.0. The molecule has 2 aliphatic rings. The Bertz CT molecular complexity index is 587. The Kier molecular flexibility index (Phi) is 4.59. The van der Waals surface area contributed by atoms with E-state index in [0.29, 0.717) is 26.3 Å². The second-order valence-electron chi connectivity index (χ2n) is 6.33. The molecule has 124 valence electrons. The molecule has 0 amide bonds. The number of furan rings is 1. The van der Waals surface area contributed by atoms with Crippen LogP contribution in [0.3, 0.4) is 0 Å². The molecular weight excluding hydrogens is 304 g/mol. The Morgan fingerprint density at radius 3 is 2.91 bits per heavy atom. The van der Waals surface area contributed by atoms with E-state index < -0.39 is 10.0 Å². The van der Waals surface area contributed by atoms with Gasteiger partial charge >= 0.3 is 0 Å². The first kappa shape index (κ1) is 16.0. The Morgan fingerprint density at radius 2 is 2.18 bits per heavy atom. The van der Waals surface area contributed by atoms with Gasteiger partial charge in [-0.1, -0.05) is 0 Å². The molecule has 1 aromatic heterocycles. The van der Waals surface area contributed by atoms with Gasteiger partial charge in [-0.05, 0) is 32.0 Å². The van der Waals surface area contributed by atoms with E-state index in [0.717, 1.165) is 31.8 Å². The van der Waals surface area contributed by atoms with Gasteiger partial charge < -0.3 is 9.15 Å². The van der Waals surface area contributed by atoms with Crippen molar-refractivity contribution in [3.8, 4) is 0 Å². The smallest absolute Gasteiger partial charge is 0.213 e. The van der Waals surface area contributed by atoms with Crippen LogP contribution >= 0.6 is 0 Å². The molecule has 1 spiro atoms. The van der Waals surface area contributed by atoms with E-state index in [9.17, 15) is 8.42 Å². The van der Waals surface area contributed by atoms with Crippen LogP contribution in [0.4, 0.5) is 0 Å². The van der Waals surface area contributed by atoms with Crippen LogP contribution in [0.5, 0.6) is 0 Å². The van der Waals surface area contributed by atoms with Crippen molar-refractivity contribution in [1.29, 1.82) is 0 Å². The average Bonchev–Trinajstić information content (AvgIpc) is 3.07. The van der Waals surface area contributed by atoms with Crippen LogP contribution in [0.1, 0.15) is 19.1 Å². The van der Waals surface area contributed by atoms with E-state index in [2.05, 4.69) is 4.90 Å². The number of likely N-dealkylation sites (tertiary alicyclic amines) is 1. The summed E-state index contributed by atoms with van der Waals surface area (Å²) >= 11 is 0. The minimum Gasteiger partial charge on any atom is -0.468 e. The highest BCUT2D eigenvalue weighted by atomic mass is 32.2. The predicted octanol–water partition coefficient (Wildman–Crippen LogP) is 1.15. The van der Waals surface area contributed by atoms with E-state index >= 15 is 0 Å². The summed E-state index contributed by atoms with van der Waals surface area (Å²) in [5, 5.41) is 0. The van der Waals surface area contributed by atoms with E-state index in [1.165, 1.54) is 0 Å². The molecule has 7 heteroatoms. The van der Waals surface area contributed by atoms with Crippen LogP contribution in [-0.4, -0.2) is 62.8 Å². The fraction of sp³-hybridized carbons (Fsp3) is 0.733. The third-order valence-electron chi connectivity index (χ3n) is 4.64. The number of rotatable bonds is 4. The summed E-state index contributed by atoms with van der Waals surface area (Å²) < 4.78 is 37.2. The lowest BCUT2D eigenvalue weighted by atomic mass is 9.88. The van der Waals surface area contributed by atoms with Crippen LogP contribution < -0.4 is 0 Å². The van der Waals surface area contributed by atoms with Crippen molar-refractivity contribution in [3.05, 3.63) is 24.2 Å². The fourth-order valence-corrected chi connectivity index (χ4v) is 4.59. The molecule has 2 saturated heterocycles. The van der Waals surface area contributed by atoms with Gasteiger partial charge in [-0.3, -0.25) is 4.90 Å². The van der Waals surface area contributed by atoms with Gasteiger partial charge in [0, 0.05) is 25.0 Å². The van der Waals surface area contributed by atoms with Crippen molar-refractivity contribution in [2.45, 2.75) is 19.9 Å². The number of nitrogens with zero attached hydrogens (tertiary/aromatic N) is 2. The van der Waals surface area contributed by atoms with E-state index in [4.69, 9.17) is 9.15 Å². The SMILES string of the molecule is CCS(=O)(=O)N1CCOCC2(CCN(Cc3ccco3)C2)C1. The van der Waals surface area contributed by atoms with Gasteiger partial charge in [0.2, 0.25) is 10.0 Å². The van der Waals surface area contributed by atoms with Gasteiger partial charge in [-0.2, -0.15) is 4.31 Å². The number of ether oxygens (including phenoxy) is 1. The first-order chi connectivity index (χ1) is 10.5. The van der Waals surface area contributed by atoms with Gasteiger partial charge in [0.1, 0.15) is 5.76 Å². The molecule has 1 aromatic rings. The molecule has 0 N–H and O–H groups in total. The minimum absolute atomic E-state index is 0.0919. The molecule has 0 bridgehead atoms. The summed E-state index contributed by atoms with van der Waals surface area (Å²) in [6.45, 7) is 6.43. The maximum Gasteiger partial charge on any atom is 0.213 e. The third-order valence-corrected chi connectivity index (χ3v) is 6.47. The van der Waals surface area contributed by atoms with Crippen molar-refractivity contribution in [3.63, 3.8) is 0 Å². The standard InChI is InChI=1S/C15H24N2O4S/c1-2-22(18,19)17-7-9-20-13-15(12-17)5-6-16(11-15)10-14-4-3-8-21-14/h3-4,8H,2,5-7,9-13H2,1H3. The highest BCUT2D eigenvalue weighted by molar-refractivity contribution is 7.89. The van der Waals surface area contributed by atoms with Crippen molar-refractivity contribution in [2.24, 2.45) is 5.41 Å². The maximum atomic E-state index is 12.2. The zero-order chi connectivity index (χ0) is 15.6. The normalized spacial score (nSPS) is 28.2.